The first-order valence-electron chi connectivity index (χ1n) is 11.8. The van der Waals surface area contributed by atoms with Gasteiger partial charge in [-0.25, -0.2) is 17.1 Å². The van der Waals surface area contributed by atoms with Crippen LogP contribution in [0.25, 0.3) is 11.3 Å². The number of nitrogens with two attached hydrogens (primary N) is 1. The van der Waals surface area contributed by atoms with E-state index < -0.39 is 35.3 Å². The van der Waals surface area contributed by atoms with Crippen LogP contribution in [0.5, 0.6) is 0 Å². The number of hydrogen-bond donors (Lipinski definition) is 3. The SMILES string of the molecule is NCCNC[c-]1cccc1C[C@H](O)c1ccc(-c2ccc(C(F)(F)F)cc2)nc1C(F)(F)F.[Fe].[cH-]1[cH-][cH-][cH-][cH-]1. The molecule has 1 heterocycles. The summed E-state index contributed by atoms with van der Waals surface area (Å²) < 4.78 is 79.5. The molecule has 1 aromatic heterocycles. The Hall–Kier alpha value is -2.95. The van der Waals surface area contributed by atoms with Crippen molar-refractivity contribution in [2.24, 2.45) is 5.73 Å². The molecule has 39 heavy (non-hydrogen) atoms. The first-order valence-corrected chi connectivity index (χ1v) is 11.8. The number of rotatable bonds is 8. The quantitative estimate of drug-likeness (QED) is 0.0984. The van der Waals surface area contributed by atoms with Crippen LogP contribution in [0.1, 0.15) is 34.1 Å². The maximum Gasteiger partial charge on any atom is 0.433 e. The Balaban J connectivity index is 0.000000797. The maximum atomic E-state index is 13.7. The van der Waals surface area contributed by atoms with Crippen molar-refractivity contribution in [2.45, 2.75) is 31.4 Å². The summed E-state index contributed by atoms with van der Waals surface area (Å²) in [6, 6.07) is 21.3. The van der Waals surface area contributed by atoms with E-state index in [-0.39, 0.29) is 34.7 Å². The van der Waals surface area contributed by atoms with Gasteiger partial charge in [0.25, 0.3) is 0 Å². The molecule has 0 spiro atoms. The molecule has 4 aromatic rings. The number of hydrogen-bond acceptors (Lipinski definition) is 4. The molecule has 0 aliphatic rings. The Labute approximate surface area is 233 Å². The number of halogens is 6. The van der Waals surface area contributed by atoms with Gasteiger partial charge in [-0.15, -0.1) is 5.56 Å². The summed E-state index contributed by atoms with van der Waals surface area (Å²) in [7, 11) is 0. The average molecular weight is 591 g/mol. The number of benzene rings is 1. The monoisotopic (exact) mass is 591 g/mol. The van der Waals surface area contributed by atoms with Gasteiger partial charge in [-0.2, -0.15) is 38.0 Å². The van der Waals surface area contributed by atoms with Crippen LogP contribution in [0.2, 0.25) is 0 Å². The number of aliphatic hydroxyl groups excluding tert-OH is 1. The Morgan fingerprint density at radius 3 is 2.05 bits per heavy atom. The minimum absolute atomic E-state index is 0. The molecule has 0 aliphatic carbocycles. The molecule has 1 atom stereocenters. The molecule has 4 nitrogen and oxygen atoms in total. The molecule has 0 saturated carbocycles. The third-order valence-electron chi connectivity index (χ3n) is 5.67. The molecule has 0 amide bonds. The van der Waals surface area contributed by atoms with Crippen molar-refractivity contribution in [3.8, 4) is 11.3 Å². The Kier molecular flexibility index (Phi) is 11.9. The molecule has 4 rings (SSSR count). The molecule has 4 N–H and O–H groups in total. The van der Waals surface area contributed by atoms with Crippen molar-refractivity contribution in [3.05, 3.63) is 113 Å². The van der Waals surface area contributed by atoms with Crippen LogP contribution in [-0.2, 0) is 42.4 Å². The predicted molar refractivity (Wildman–Crippen MR) is 133 cm³/mol. The topological polar surface area (TPSA) is 71.2 Å². The van der Waals surface area contributed by atoms with Gasteiger partial charge in [-0.1, -0.05) is 18.2 Å². The molecule has 0 radical (unpaired) electrons. The molecular weight excluding hydrogens is 564 g/mol. The van der Waals surface area contributed by atoms with Crippen LogP contribution in [0.4, 0.5) is 26.3 Å². The van der Waals surface area contributed by atoms with Crippen LogP contribution in [0, 0.1) is 0 Å². The summed E-state index contributed by atoms with van der Waals surface area (Å²) in [4.78, 5) is 3.65. The van der Waals surface area contributed by atoms with Crippen molar-refractivity contribution >= 4 is 0 Å². The van der Waals surface area contributed by atoms with Gasteiger partial charge < -0.3 is 46.5 Å². The van der Waals surface area contributed by atoms with E-state index in [0.717, 1.165) is 35.9 Å². The second-order valence-electron chi connectivity index (χ2n) is 8.43. The van der Waals surface area contributed by atoms with E-state index in [2.05, 4.69) is 10.3 Å². The number of pyridine rings is 1. The van der Waals surface area contributed by atoms with Gasteiger partial charge >= 0.3 is 12.4 Å². The van der Waals surface area contributed by atoms with Crippen LogP contribution in [0.3, 0.4) is 0 Å². The molecule has 3 aromatic carbocycles. The van der Waals surface area contributed by atoms with Crippen molar-refractivity contribution in [3.63, 3.8) is 0 Å². The van der Waals surface area contributed by atoms with Crippen LogP contribution < -0.4 is 11.1 Å². The zero-order valence-electron chi connectivity index (χ0n) is 20.6. The number of aromatic nitrogens is 1. The molecule has 0 saturated heterocycles. The van der Waals surface area contributed by atoms with E-state index in [1.165, 1.54) is 6.07 Å². The predicted octanol–water partition coefficient (Wildman–Crippen LogP) is 6.23. The smallest absolute Gasteiger partial charge is 0.433 e. The third kappa shape index (κ3) is 9.33. The fourth-order valence-corrected chi connectivity index (χ4v) is 3.79. The number of alkyl halides is 6. The van der Waals surface area contributed by atoms with Crippen molar-refractivity contribution < 1.29 is 48.5 Å². The normalized spacial score (nSPS) is 12.3. The minimum Gasteiger partial charge on any atom is -0.748 e. The summed E-state index contributed by atoms with van der Waals surface area (Å²) in [5.74, 6) is 0. The second-order valence-corrected chi connectivity index (χ2v) is 8.43. The van der Waals surface area contributed by atoms with E-state index in [4.69, 9.17) is 5.73 Å². The second kappa shape index (κ2) is 14.4. The largest absolute Gasteiger partial charge is 0.748 e. The molecule has 0 bridgehead atoms. The Morgan fingerprint density at radius 1 is 0.897 bits per heavy atom. The Bertz CT molecular complexity index is 1230. The van der Waals surface area contributed by atoms with Gasteiger partial charge in [0.1, 0.15) is 0 Å². The number of nitrogens with zero attached hydrogens (tertiary/aromatic N) is 1. The molecule has 216 valence electrons. The number of nitrogens with one attached hydrogen (secondary N) is 1. The molecule has 0 fully saturated rings. The van der Waals surface area contributed by atoms with Crippen LogP contribution in [0.15, 0.2) is 84.9 Å². The third-order valence-corrected chi connectivity index (χ3v) is 5.67. The molecular formula is C28H27F6FeN3O-6. The minimum atomic E-state index is -4.87. The average Bonchev–Trinajstić information content (AvgIpc) is 3.59. The van der Waals surface area contributed by atoms with E-state index in [1.54, 1.807) is 12.1 Å². The van der Waals surface area contributed by atoms with Crippen LogP contribution in [-0.4, -0.2) is 23.2 Å². The maximum absolute atomic E-state index is 13.7. The van der Waals surface area contributed by atoms with Gasteiger partial charge in [-0.3, -0.25) is 0 Å². The van der Waals surface area contributed by atoms with Gasteiger partial charge in [0.2, 0.25) is 0 Å². The van der Waals surface area contributed by atoms with Crippen molar-refractivity contribution in [1.29, 1.82) is 0 Å². The standard InChI is InChI=1S/C23H22F6N3O.C5H5.Fe/c24-22(25,26)17-6-4-14(5-7-17)19-9-8-18(21(32-19)23(27,28)29)20(33)12-15-2-1-3-16(15)13-31-11-10-30;1-2-4-5-3-1;/h1-9,20,31,33H,10-13,30H2;1-5H;/q-1;-5;/t20-;;/m0../s1. The summed E-state index contributed by atoms with van der Waals surface area (Å²) in [5.41, 5.74) is 4.32. The van der Waals surface area contributed by atoms with E-state index in [1.807, 2.05) is 36.4 Å². The summed E-state index contributed by atoms with van der Waals surface area (Å²) in [6.45, 7) is 1.47. The van der Waals surface area contributed by atoms with E-state index >= 15 is 0 Å². The molecule has 0 unspecified atom stereocenters. The Morgan fingerprint density at radius 2 is 1.51 bits per heavy atom. The van der Waals surface area contributed by atoms with Gasteiger partial charge in [-0.05, 0) is 31.2 Å². The summed E-state index contributed by atoms with van der Waals surface area (Å²) >= 11 is 0. The van der Waals surface area contributed by atoms with E-state index in [9.17, 15) is 31.4 Å². The van der Waals surface area contributed by atoms with Crippen molar-refractivity contribution in [2.75, 3.05) is 13.1 Å². The summed E-state index contributed by atoms with van der Waals surface area (Å²) in [6.07, 6.45) is -11.0. The van der Waals surface area contributed by atoms with E-state index in [0.29, 0.717) is 25.2 Å². The fourth-order valence-electron chi connectivity index (χ4n) is 3.79. The molecule has 0 aliphatic heterocycles. The van der Waals surface area contributed by atoms with Crippen molar-refractivity contribution in [1.82, 2.24) is 10.3 Å². The summed E-state index contributed by atoms with van der Waals surface area (Å²) in [5, 5.41) is 13.7. The first kappa shape index (κ1) is 32.3. The zero-order valence-corrected chi connectivity index (χ0v) is 21.7. The zero-order chi connectivity index (χ0) is 27.8. The first-order chi connectivity index (χ1) is 18.0. The van der Waals surface area contributed by atoms with Gasteiger partial charge in [0, 0.05) is 41.3 Å². The molecule has 11 heteroatoms. The van der Waals surface area contributed by atoms with Gasteiger partial charge in [0.15, 0.2) is 5.69 Å². The fraction of sp³-hybridized carbons (Fsp3) is 0.250. The van der Waals surface area contributed by atoms with Crippen LogP contribution >= 0.6 is 0 Å². The van der Waals surface area contributed by atoms with Gasteiger partial charge in [0.05, 0.1) is 17.4 Å². The number of aliphatic hydroxyl groups is 1.